The molecule has 0 bridgehead atoms. The van der Waals surface area contributed by atoms with E-state index in [0.29, 0.717) is 5.75 Å². The SMILES string of the molecule is C.O=C1CSC(=O)N1. The molecule has 0 aromatic heterocycles. The topological polar surface area (TPSA) is 46.2 Å². The Balaban J connectivity index is 0.000000490. The van der Waals surface area contributed by atoms with E-state index in [-0.39, 0.29) is 18.6 Å². The van der Waals surface area contributed by atoms with Gasteiger partial charge in [-0.2, -0.15) is 0 Å². The highest BCUT2D eigenvalue weighted by Crippen LogP contribution is 2.06. The van der Waals surface area contributed by atoms with E-state index in [1.807, 2.05) is 0 Å². The summed E-state index contributed by atoms with van der Waals surface area (Å²) in [5.41, 5.74) is 0. The number of imide groups is 1. The van der Waals surface area contributed by atoms with Crippen LogP contribution in [0.2, 0.25) is 0 Å². The van der Waals surface area contributed by atoms with E-state index in [1.165, 1.54) is 0 Å². The average Bonchev–Trinajstić information content (AvgIpc) is 1.87. The van der Waals surface area contributed by atoms with Crippen molar-refractivity contribution in [1.29, 1.82) is 0 Å². The van der Waals surface area contributed by atoms with Crippen LogP contribution in [-0.4, -0.2) is 16.9 Å². The van der Waals surface area contributed by atoms with E-state index in [2.05, 4.69) is 5.32 Å². The lowest BCUT2D eigenvalue weighted by molar-refractivity contribution is -0.117. The molecule has 1 rings (SSSR count). The Morgan fingerprint density at radius 2 is 2.12 bits per heavy atom. The lowest BCUT2D eigenvalue weighted by Gasteiger charge is -1.77. The highest BCUT2D eigenvalue weighted by molar-refractivity contribution is 8.14. The zero-order chi connectivity index (χ0) is 5.28. The molecule has 0 aliphatic carbocycles. The second kappa shape index (κ2) is 2.71. The molecule has 46 valence electrons. The molecule has 4 heteroatoms. The van der Waals surface area contributed by atoms with Crippen molar-refractivity contribution < 1.29 is 9.59 Å². The minimum absolute atomic E-state index is 0. The van der Waals surface area contributed by atoms with Crippen LogP contribution in [0.15, 0.2) is 0 Å². The van der Waals surface area contributed by atoms with Gasteiger partial charge in [-0.05, 0) is 0 Å². The van der Waals surface area contributed by atoms with E-state index in [1.54, 1.807) is 0 Å². The summed E-state index contributed by atoms with van der Waals surface area (Å²) in [4.78, 5) is 20.2. The van der Waals surface area contributed by atoms with Crippen LogP contribution in [0.25, 0.3) is 0 Å². The average molecular weight is 133 g/mol. The molecule has 1 fully saturated rings. The highest BCUT2D eigenvalue weighted by Gasteiger charge is 2.16. The van der Waals surface area contributed by atoms with Gasteiger partial charge in [0.15, 0.2) is 0 Å². The fourth-order valence-corrected chi connectivity index (χ4v) is 0.837. The molecule has 1 aliphatic heterocycles. The molecule has 0 aromatic rings. The summed E-state index contributed by atoms with van der Waals surface area (Å²) in [6, 6.07) is 0. The molecule has 1 heterocycles. The molecule has 3 nitrogen and oxygen atoms in total. The molecule has 0 aromatic carbocycles. The van der Waals surface area contributed by atoms with Gasteiger partial charge in [0.2, 0.25) is 5.91 Å². The van der Waals surface area contributed by atoms with Gasteiger partial charge in [-0.1, -0.05) is 19.2 Å². The molecule has 1 aliphatic rings. The van der Waals surface area contributed by atoms with Gasteiger partial charge in [-0.3, -0.25) is 14.9 Å². The molecule has 2 amide bonds. The van der Waals surface area contributed by atoms with Crippen molar-refractivity contribution in [3.63, 3.8) is 0 Å². The van der Waals surface area contributed by atoms with Crippen LogP contribution < -0.4 is 5.32 Å². The first-order valence-corrected chi connectivity index (χ1v) is 2.74. The number of rotatable bonds is 0. The first-order chi connectivity index (χ1) is 3.29. The Labute approximate surface area is 51.8 Å². The van der Waals surface area contributed by atoms with Crippen LogP contribution in [0.1, 0.15) is 7.43 Å². The summed E-state index contributed by atoms with van der Waals surface area (Å²) in [6.07, 6.45) is 0. The minimum Gasteiger partial charge on any atom is -0.286 e. The first-order valence-electron chi connectivity index (χ1n) is 1.75. The lowest BCUT2D eigenvalue weighted by Crippen LogP contribution is -2.18. The molecule has 0 atom stereocenters. The van der Waals surface area contributed by atoms with Gasteiger partial charge in [0.05, 0.1) is 5.75 Å². The van der Waals surface area contributed by atoms with E-state index in [4.69, 9.17) is 0 Å². The highest BCUT2D eigenvalue weighted by atomic mass is 32.2. The number of hydrogen-bond acceptors (Lipinski definition) is 3. The monoisotopic (exact) mass is 133 g/mol. The van der Waals surface area contributed by atoms with Crippen molar-refractivity contribution in [2.75, 3.05) is 5.75 Å². The Hall–Kier alpha value is -0.510. The van der Waals surface area contributed by atoms with E-state index < -0.39 is 0 Å². The second-order valence-electron chi connectivity index (χ2n) is 1.12. The van der Waals surface area contributed by atoms with Gasteiger partial charge in [-0.15, -0.1) is 0 Å². The quantitative estimate of drug-likeness (QED) is 0.526. The Morgan fingerprint density at radius 3 is 2.25 bits per heavy atom. The van der Waals surface area contributed by atoms with Crippen molar-refractivity contribution in [1.82, 2.24) is 5.32 Å². The maximum atomic E-state index is 10.1. The van der Waals surface area contributed by atoms with Crippen molar-refractivity contribution >= 4 is 22.9 Å². The number of nitrogens with one attached hydrogen (secondary N) is 1. The van der Waals surface area contributed by atoms with Gasteiger partial charge in [0.1, 0.15) is 0 Å². The molecular formula is C4H7NO2S. The third-order valence-electron chi connectivity index (χ3n) is 0.576. The summed E-state index contributed by atoms with van der Waals surface area (Å²) >= 11 is 1.01. The third kappa shape index (κ3) is 1.54. The van der Waals surface area contributed by atoms with Crippen molar-refractivity contribution in [2.24, 2.45) is 0 Å². The first kappa shape index (κ1) is 7.49. The predicted molar refractivity (Wildman–Crippen MR) is 32.7 cm³/mol. The van der Waals surface area contributed by atoms with Gasteiger partial charge in [0, 0.05) is 0 Å². The number of amides is 2. The zero-order valence-corrected chi connectivity index (χ0v) is 4.25. The van der Waals surface area contributed by atoms with Gasteiger partial charge < -0.3 is 0 Å². The van der Waals surface area contributed by atoms with E-state index >= 15 is 0 Å². The molecule has 1 N–H and O–H groups in total. The van der Waals surface area contributed by atoms with Crippen LogP contribution in [0.3, 0.4) is 0 Å². The molecule has 0 unspecified atom stereocenters. The zero-order valence-electron chi connectivity index (χ0n) is 3.43. The van der Waals surface area contributed by atoms with Gasteiger partial charge in [-0.25, -0.2) is 0 Å². The van der Waals surface area contributed by atoms with Crippen LogP contribution in [0.5, 0.6) is 0 Å². The number of hydrogen-bond donors (Lipinski definition) is 1. The van der Waals surface area contributed by atoms with Crippen LogP contribution >= 0.6 is 11.8 Å². The van der Waals surface area contributed by atoms with Crippen LogP contribution in [0, 0.1) is 0 Å². The largest absolute Gasteiger partial charge is 0.286 e. The van der Waals surface area contributed by atoms with Crippen LogP contribution in [0.4, 0.5) is 4.79 Å². The predicted octanol–water partition coefficient (Wildman–Crippen LogP) is 0.606. The number of carbonyl (C=O) groups excluding carboxylic acids is 2. The van der Waals surface area contributed by atoms with Crippen molar-refractivity contribution in [3.05, 3.63) is 0 Å². The summed E-state index contributed by atoms with van der Waals surface area (Å²) < 4.78 is 0. The number of carbonyl (C=O) groups is 2. The van der Waals surface area contributed by atoms with Gasteiger partial charge in [0.25, 0.3) is 5.24 Å². The molecule has 0 radical (unpaired) electrons. The number of thioether (sulfide) groups is 1. The summed E-state index contributed by atoms with van der Waals surface area (Å²) in [5, 5.41) is 1.87. The molecule has 8 heavy (non-hydrogen) atoms. The fraction of sp³-hybridized carbons (Fsp3) is 0.500. The molecule has 0 spiro atoms. The fourth-order valence-electron chi connectivity index (χ4n) is 0.317. The lowest BCUT2D eigenvalue weighted by atomic mass is 10.7. The normalized spacial score (nSPS) is 17.5. The standard InChI is InChI=1S/C3H3NO2S.CH4/c5-2-1-7-3(6)4-2;/h1H2,(H,4,5,6);1H4. The summed E-state index contributed by atoms with van der Waals surface area (Å²) in [5.74, 6) is 0.105. The Kier molecular flexibility index (Phi) is 2.54. The Morgan fingerprint density at radius 1 is 1.50 bits per heavy atom. The maximum Gasteiger partial charge on any atom is 0.286 e. The van der Waals surface area contributed by atoms with Gasteiger partial charge >= 0.3 is 0 Å². The summed E-state index contributed by atoms with van der Waals surface area (Å²) in [6.45, 7) is 0. The summed E-state index contributed by atoms with van der Waals surface area (Å²) in [7, 11) is 0. The smallest absolute Gasteiger partial charge is 0.286 e. The third-order valence-corrected chi connectivity index (χ3v) is 1.35. The minimum atomic E-state index is -0.231. The van der Waals surface area contributed by atoms with Crippen LogP contribution in [-0.2, 0) is 4.79 Å². The molecule has 0 saturated carbocycles. The van der Waals surface area contributed by atoms with E-state index in [9.17, 15) is 9.59 Å². The molecular weight excluding hydrogens is 126 g/mol. The maximum absolute atomic E-state index is 10.1. The van der Waals surface area contributed by atoms with Crippen molar-refractivity contribution in [3.8, 4) is 0 Å². The molecule has 1 saturated heterocycles. The van der Waals surface area contributed by atoms with Crippen molar-refractivity contribution in [2.45, 2.75) is 7.43 Å². The Bertz CT molecular complexity index is 109. The van der Waals surface area contributed by atoms with E-state index in [0.717, 1.165) is 11.8 Å². The second-order valence-corrected chi connectivity index (χ2v) is 2.07.